The summed E-state index contributed by atoms with van der Waals surface area (Å²) >= 11 is 0. The minimum atomic E-state index is -2.73. The molecule has 0 bridgehead atoms. The van der Waals surface area contributed by atoms with E-state index in [4.69, 9.17) is 4.74 Å². The standard InChI is InChI=1S/C28H40N2O4S/c1-8-15-35(33,29-20(2)31)24-11-10-22-18-30(19-23(22)17-24)28(6,7)14-13-21-9-12-25(32)26(16-21)34-27(3,4)5/h9-12,16-17,32H,8,13-15,18-19H2,1-7H3. The zero-order chi connectivity index (χ0) is 26.0. The van der Waals surface area contributed by atoms with E-state index in [1.165, 1.54) is 12.5 Å². The molecule has 0 fully saturated rings. The number of ether oxygens (including phenoxy) is 1. The van der Waals surface area contributed by atoms with Crippen molar-refractivity contribution in [3.05, 3.63) is 53.1 Å². The summed E-state index contributed by atoms with van der Waals surface area (Å²) in [5.41, 5.74) is 3.06. The number of aromatic hydroxyl groups is 1. The number of carbonyl (C=O) groups is 1. The minimum absolute atomic E-state index is 0.0727. The summed E-state index contributed by atoms with van der Waals surface area (Å²) in [6.45, 7) is 15.3. The summed E-state index contributed by atoms with van der Waals surface area (Å²) in [7, 11) is -2.73. The summed E-state index contributed by atoms with van der Waals surface area (Å²) in [4.78, 5) is 14.7. The number of carbonyl (C=O) groups excluding carboxylic acids is 1. The van der Waals surface area contributed by atoms with Crippen molar-refractivity contribution in [1.82, 2.24) is 4.90 Å². The fourth-order valence-electron chi connectivity index (χ4n) is 4.43. The molecule has 0 aliphatic carbocycles. The Labute approximate surface area is 210 Å². The van der Waals surface area contributed by atoms with E-state index in [1.807, 2.05) is 58.0 Å². The summed E-state index contributed by atoms with van der Waals surface area (Å²) in [5.74, 6) is 0.663. The third-order valence-electron chi connectivity index (χ3n) is 6.35. The van der Waals surface area contributed by atoms with Crippen LogP contribution in [0.4, 0.5) is 0 Å². The number of phenolic OH excluding ortho intramolecular Hbond substituents is 1. The quantitative estimate of drug-likeness (QED) is 0.475. The first-order valence-corrected chi connectivity index (χ1v) is 14.0. The van der Waals surface area contributed by atoms with E-state index in [-0.39, 0.29) is 16.9 Å². The van der Waals surface area contributed by atoms with Crippen LogP contribution in [0.3, 0.4) is 0 Å². The molecular formula is C28H40N2O4S. The van der Waals surface area contributed by atoms with Gasteiger partial charge in [-0.1, -0.05) is 19.1 Å². The molecule has 2 aromatic rings. The van der Waals surface area contributed by atoms with Crippen LogP contribution in [-0.4, -0.2) is 37.0 Å². The lowest BCUT2D eigenvalue weighted by atomic mass is 9.93. The van der Waals surface area contributed by atoms with Gasteiger partial charge in [-0.25, -0.2) is 4.21 Å². The number of amides is 1. The molecule has 1 aliphatic heterocycles. The first kappa shape index (κ1) is 27.2. The highest BCUT2D eigenvalue weighted by Crippen LogP contribution is 2.35. The molecular weight excluding hydrogens is 460 g/mol. The van der Waals surface area contributed by atoms with Crippen molar-refractivity contribution in [3.8, 4) is 11.5 Å². The smallest absolute Gasteiger partial charge is 0.250 e. The van der Waals surface area contributed by atoms with Gasteiger partial charge in [0.05, 0.1) is 9.73 Å². The van der Waals surface area contributed by atoms with Gasteiger partial charge in [-0.3, -0.25) is 9.69 Å². The number of hydrogen-bond acceptors (Lipinski definition) is 5. The summed E-state index contributed by atoms with van der Waals surface area (Å²) in [6.07, 6.45) is 2.49. The molecule has 0 aromatic heterocycles. The van der Waals surface area contributed by atoms with Crippen molar-refractivity contribution in [2.45, 2.75) is 96.9 Å². The number of benzene rings is 2. The van der Waals surface area contributed by atoms with Crippen molar-refractivity contribution < 1.29 is 18.8 Å². The highest BCUT2D eigenvalue weighted by atomic mass is 32.2. The first-order valence-electron chi connectivity index (χ1n) is 12.4. The van der Waals surface area contributed by atoms with Gasteiger partial charge in [-0.2, -0.15) is 4.36 Å². The predicted molar refractivity (Wildman–Crippen MR) is 141 cm³/mol. The van der Waals surface area contributed by atoms with Crippen LogP contribution >= 0.6 is 0 Å². The fraction of sp³-hybridized carbons (Fsp3) is 0.536. The van der Waals surface area contributed by atoms with Crippen LogP contribution in [0.5, 0.6) is 11.5 Å². The number of rotatable bonds is 8. The van der Waals surface area contributed by atoms with Gasteiger partial charge >= 0.3 is 0 Å². The molecule has 192 valence electrons. The molecule has 6 nitrogen and oxygen atoms in total. The van der Waals surface area contributed by atoms with Gasteiger partial charge < -0.3 is 9.84 Å². The number of phenols is 1. The predicted octanol–water partition coefficient (Wildman–Crippen LogP) is 6.08. The molecule has 7 heteroatoms. The van der Waals surface area contributed by atoms with E-state index in [9.17, 15) is 14.1 Å². The Kier molecular flexibility index (Phi) is 8.02. The van der Waals surface area contributed by atoms with Crippen LogP contribution < -0.4 is 4.74 Å². The molecule has 2 aromatic carbocycles. The Morgan fingerprint density at radius 1 is 1.09 bits per heavy atom. The zero-order valence-electron chi connectivity index (χ0n) is 22.2. The van der Waals surface area contributed by atoms with Gasteiger partial charge in [0.1, 0.15) is 5.60 Å². The van der Waals surface area contributed by atoms with Crippen LogP contribution in [0.1, 0.15) is 78.0 Å². The number of nitrogens with zero attached hydrogens (tertiary/aromatic N) is 2. The molecule has 1 atom stereocenters. The number of fused-ring (bicyclic) bond motifs is 1. The van der Waals surface area contributed by atoms with E-state index >= 15 is 0 Å². The number of aryl methyl sites for hydroxylation is 1. The molecule has 1 heterocycles. The molecule has 35 heavy (non-hydrogen) atoms. The highest BCUT2D eigenvalue weighted by molar-refractivity contribution is 7.94. The van der Waals surface area contributed by atoms with Crippen LogP contribution in [-0.2, 0) is 34.0 Å². The SMILES string of the molecule is CCCS(=O)(=NC(C)=O)c1ccc2c(c1)CN(C(C)(C)CCc1ccc(O)c(OC(C)(C)C)c1)C2. The van der Waals surface area contributed by atoms with Crippen LogP contribution in [0.15, 0.2) is 45.7 Å². The second-order valence-electron chi connectivity index (χ2n) is 11.1. The maximum absolute atomic E-state index is 13.4. The van der Waals surface area contributed by atoms with Gasteiger partial charge in [-0.05, 0) is 94.8 Å². The van der Waals surface area contributed by atoms with E-state index in [0.29, 0.717) is 22.8 Å². The summed E-state index contributed by atoms with van der Waals surface area (Å²) in [5, 5.41) is 10.2. The molecule has 0 radical (unpaired) electrons. The molecule has 1 unspecified atom stereocenters. The van der Waals surface area contributed by atoms with Gasteiger partial charge in [-0.15, -0.1) is 0 Å². The molecule has 1 aliphatic rings. The fourth-order valence-corrected chi connectivity index (χ4v) is 6.44. The highest BCUT2D eigenvalue weighted by Gasteiger charge is 2.32. The second kappa shape index (κ2) is 10.3. The van der Waals surface area contributed by atoms with Crippen LogP contribution in [0.25, 0.3) is 0 Å². The Bertz CT molecular complexity index is 1200. The first-order chi connectivity index (χ1) is 16.2. The van der Waals surface area contributed by atoms with Crippen molar-refractivity contribution >= 4 is 15.6 Å². The van der Waals surface area contributed by atoms with Crippen LogP contribution in [0, 0.1) is 0 Å². The largest absolute Gasteiger partial charge is 0.504 e. The average molecular weight is 501 g/mol. The maximum Gasteiger partial charge on any atom is 0.250 e. The monoisotopic (exact) mass is 500 g/mol. The summed E-state index contributed by atoms with van der Waals surface area (Å²) in [6, 6.07) is 11.5. The van der Waals surface area contributed by atoms with Gasteiger partial charge in [0.15, 0.2) is 11.5 Å². The zero-order valence-corrected chi connectivity index (χ0v) is 23.0. The van der Waals surface area contributed by atoms with E-state index < -0.39 is 15.6 Å². The van der Waals surface area contributed by atoms with Crippen LogP contribution in [0.2, 0.25) is 0 Å². The van der Waals surface area contributed by atoms with E-state index in [1.54, 1.807) is 6.07 Å². The van der Waals surface area contributed by atoms with Crippen molar-refractivity contribution in [2.24, 2.45) is 4.36 Å². The van der Waals surface area contributed by atoms with Crippen molar-refractivity contribution in [3.63, 3.8) is 0 Å². The molecule has 0 saturated heterocycles. The Hall–Kier alpha value is -2.38. The van der Waals surface area contributed by atoms with Crippen molar-refractivity contribution in [1.29, 1.82) is 0 Å². The molecule has 1 amide bonds. The topological polar surface area (TPSA) is 79.2 Å². The van der Waals surface area contributed by atoms with Gasteiger partial charge in [0.25, 0.3) is 5.91 Å². The molecule has 1 N–H and O–H groups in total. The molecule has 0 spiro atoms. The van der Waals surface area contributed by atoms with E-state index in [0.717, 1.165) is 37.1 Å². The lowest BCUT2D eigenvalue weighted by Crippen LogP contribution is -2.40. The van der Waals surface area contributed by atoms with Crippen molar-refractivity contribution in [2.75, 3.05) is 5.75 Å². The average Bonchev–Trinajstić information content (AvgIpc) is 3.17. The number of hydrogen-bond donors (Lipinski definition) is 1. The van der Waals surface area contributed by atoms with E-state index in [2.05, 4.69) is 23.1 Å². The molecule has 3 rings (SSSR count). The third-order valence-corrected chi connectivity index (χ3v) is 8.85. The lowest BCUT2D eigenvalue weighted by Gasteiger charge is -2.35. The Morgan fingerprint density at radius 2 is 1.77 bits per heavy atom. The lowest BCUT2D eigenvalue weighted by molar-refractivity contribution is -0.115. The third kappa shape index (κ3) is 6.85. The second-order valence-corrected chi connectivity index (χ2v) is 13.4. The minimum Gasteiger partial charge on any atom is -0.504 e. The summed E-state index contributed by atoms with van der Waals surface area (Å²) < 4.78 is 23.4. The normalized spacial score (nSPS) is 16.0. The van der Waals surface area contributed by atoms with Gasteiger partial charge in [0, 0.05) is 36.2 Å². The van der Waals surface area contributed by atoms with Gasteiger partial charge in [0.2, 0.25) is 0 Å². The maximum atomic E-state index is 13.4. The Morgan fingerprint density at radius 3 is 2.40 bits per heavy atom. The molecule has 0 saturated carbocycles. The Balaban J connectivity index is 1.74.